The minimum absolute atomic E-state index is 0.138. The second-order valence-electron chi connectivity index (χ2n) is 6.20. The van der Waals surface area contributed by atoms with Gasteiger partial charge in [-0.3, -0.25) is 4.79 Å². The summed E-state index contributed by atoms with van der Waals surface area (Å²) in [5.41, 5.74) is 0.823. The zero-order valence-electron chi connectivity index (χ0n) is 15.2. The second kappa shape index (κ2) is 9.19. The predicted octanol–water partition coefficient (Wildman–Crippen LogP) is 3.29. The summed E-state index contributed by atoms with van der Waals surface area (Å²) in [6.07, 6.45) is 2.21. The van der Waals surface area contributed by atoms with E-state index in [1.807, 2.05) is 0 Å². The summed E-state index contributed by atoms with van der Waals surface area (Å²) in [6, 6.07) is 13.3. The number of carbonyl (C=O) groups excluding carboxylic acids is 2. The lowest BCUT2D eigenvalue weighted by atomic mass is 10.1. The zero-order valence-corrected chi connectivity index (χ0v) is 15.2. The number of ether oxygens (including phenoxy) is 4. The minimum Gasteiger partial charge on any atom is -0.497 e. The Kier molecular flexibility index (Phi) is 6.44. The minimum atomic E-state index is -0.553. The molecule has 27 heavy (non-hydrogen) atoms. The SMILES string of the molecule is COc1ccc(C(=O)COC(=O)c2ccc(OC[C@H]3CCCO3)cc2)cc1. The summed E-state index contributed by atoms with van der Waals surface area (Å²) in [5, 5.41) is 0. The van der Waals surface area contributed by atoms with Crippen LogP contribution in [-0.4, -0.2) is 44.8 Å². The molecule has 1 aliphatic heterocycles. The molecule has 1 aliphatic rings. The van der Waals surface area contributed by atoms with E-state index >= 15 is 0 Å². The van der Waals surface area contributed by atoms with Gasteiger partial charge >= 0.3 is 5.97 Å². The highest BCUT2D eigenvalue weighted by molar-refractivity contribution is 5.99. The van der Waals surface area contributed by atoms with E-state index in [4.69, 9.17) is 18.9 Å². The van der Waals surface area contributed by atoms with Crippen molar-refractivity contribution in [3.63, 3.8) is 0 Å². The highest BCUT2D eigenvalue weighted by Gasteiger charge is 2.16. The summed E-state index contributed by atoms with van der Waals surface area (Å²) >= 11 is 0. The van der Waals surface area contributed by atoms with E-state index in [9.17, 15) is 9.59 Å². The summed E-state index contributed by atoms with van der Waals surface area (Å²) < 4.78 is 21.3. The predicted molar refractivity (Wildman–Crippen MR) is 98.5 cm³/mol. The molecule has 6 nitrogen and oxygen atoms in total. The molecule has 0 unspecified atom stereocenters. The van der Waals surface area contributed by atoms with Crippen LogP contribution in [-0.2, 0) is 9.47 Å². The van der Waals surface area contributed by atoms with Crippen molar-refractivity contribution in [2.75, 3.05) is 26.9 Å². The Labute approximate surface area is 158 Å². The van der Waals surface area contributed by atoms with Crippen LogP contribution in [0.1, 0.15) is 33.6 Å². The largest absolute Gasteiger partial charge is 0.497 e. The molecular formula is C21H22O6. The molecule has 0 bridgehead atoms. The number of ketones is 1. The number of methoxy groups -OCH3 is 1. The first-order valence-electron chi connectivity index (χ1n) is 8.84. The van der Waals surface area contributed by atoms with Gasteiger partial charge in [-0.25, -0.2) is 4.79 Å². The van der Waals surface area contributed by atoms with E-state index in [-0.39, 0.29) is 18.5 Å². The van der Waals surface area contributed by atoms with Crippen LogP contribution in [0.4, 0.5) is 0 Å². The molecule has 0 spiro atoms. The van der Waals surface area contributed by atoms with Crippen LogP contribution in [0.3, 0.4) is 0 Å². The van der Waals surface area contributed by atoms with Gasteiger partial charge in [0, 0.05) is 12.2 Å². The lowest BCUT2D eigenvalue weighted by molar-refractivity contribution is 0.0474. The molecule has 0 aliphatic carbocycles. The van der Waals surface area contributed by atoms with Gasteiger partial charge < -0.3 is 18.9 Å². The van der Waals surface area contributed by atoms with Gasteiger partial charge in [-0.1, -0.05) is 0 Å². The molecule has 6 heteroatoms. The molecule has 0 radical (unpaired) electrons. The fourth-order valence-electron chi connectivity index (χ4n) is 2.73. The summed E-state index contributed by atoms with van der Waals surface area (Å²) in [4.78, 5) is 24.2. The highest BCUT2D eigenvalue weighted by atomic mass is 16.5. The quantitative estimate of drug-likeness (QED) is 0.525. The summed E-state index contributed by atoms with van der Waals surface area (Å²) in [5.74, 6) is 0.492. The molecule has 1 atom stereocenters. The van der Waals surface area contributed by atoms with Crippen molar-refractivity contribution in [1.82, 2.24) is 0 Å². The molecule has 1 heterocycles. The van der Waals surface area contributed by atoms with Crippen molar-refractivity contribution in [3.05, 3.63) is 59.7 Å². The van der Waals surface area contributed by atoms with Crippen LogP contribution in [0, 0.1) is 0 Å². The van der Waals surface area contributed by atoms with Gasteiger partial charge in [-0.15, -0.1) is 0 Å². The fourth-order valence-corrected chi connectivity index (χ4v) is 2.73. The monoisotopic (exact) mass is 370 g/mol. The third-order valence-electron chi connectivity index (χ3n) is 4.30. The van der Waals surface area contributed by atoms with Gasteiger partial charge in [0.05, 0.1) is 18.8 Å². The number of Topliss-reactive ketones (excluding diaryl/α,β-unsaturated/α-hetero) is 1. The van der Waals surface area contributed by atoms with Gasteiger partial charge in [0.25, 0.3) is 0 Å². The Bertz CT molecular complexity index is 760. The second-order valence-corrected chi connectivity index (χ2v) is 6.20. The van der Waals surface area contributed by atoms with E-state index in [1.54, 1.807) is 55.6 Å². The molecule has 3 rings (SSSR count). The number of esters is 1. The lowest BCUT2D eigenvalue weighted by Gasteiger charge is -2.11. The molecule has 1 fully saturated rings. The van der Waals surface area contributed by atoms with Gasteiger partial charge in [0.15, 0.2) is 12.4 Å². The molecule has 2 aromatic carbocycles. The van der Waals surface area contributed by atoms with E-state index in [0.29, 0.717) is 29.2 Å². The maximum absolute atomic E-state index is 12.1. The lowest BCUT2D eigenvalue weighted by Crippen LogP contribution is -2.16. The molecule has 2 aromatic rings. The average molecular weight is 370 g/mol. The summed E-state index contributed by atoms with van der Waals surface area (Å²) in [6.45, 7) is 0.969. The molecule has 0 amide bonds. The van der Waals surface area contributed by atoms with Crippen molar-refractivity contribution < 1.29 is 28.5 Å². The first kappa shape index (κ1) is 18.9. The molecule has 0 aromatic heterocycles. The highest BCUT2D eigenvalue weighted by Crippen LogP contribution is 2.17. The Morgan fingerprint density at radius 2 is 1.67 bits per heavy atom. The van der Waals surface area contributed by atoms with Crippen molar-refractivity contribution >= 4 is 11.8 Å². The molecule has 0 saturated carbocycles. The van der Waals surface area contributed by atoms with Crippen molar-refractivity contribution in [1.29, 1.82) is 0 Å². The molecule has 142 valence electrons. The van der Waals surface area contributed by atoms with Crippen LogP contribution in [0.15, 0.2) is 48.5 Å². The topological polar surface area (TPSA) is 71.1 Å². The van der Waals surface area contributed by atoms with Gasteiger partial charge in [-0.05, 0) is 61.4 Å². The molecular weight excluding hydrogens is 348 g/mol. The maximum atomic E-state index is 12.1. The summed E-state index contributed by atoms with van der Waals surface area (Å²) in [7, 11) is 1.55. The Morgan fingerprint density at radius 3 is 2.30 bits per heavy atom. The maximum Gasteiger partial charge on any atom is 0.338 e. The van der Waals surface area contributed by atoms with Crippen LogP contribution < -0.4 is 9.47 Å². The number of hydrogen-bond donors (Lipinski definition) is 0. The van der Waals surface area contributed by atoms with E-state index in [1.165, 1.54) is 0 Å². The number of carbonyl (C=O) groups is 2. The van der Waals surface area contributed by atoms with E-state index in [0.717, 1.165) is 19.4 Å². The fraction of sp³-hybridized carbons (Fsp3) is 0.333. The third-order valence-corrected chi connectivity index (χ3v) is 4.30. The smallest absolute Gasteiger partial charge is 0.338 e. The van der Waals surface area contributed by atoms with Crippen molar-refractivity contribution in [2.45, 2.75) is 18.9 Å². The Hall–Kier alpha value is -2.86. The first-order valence-corrected chi connectivity index (χ1v) is 8.84. The molecule has 1 saturated heterocycles. The average Bonchev–Trinajstić information content (AvgIpc) is 3.24. The standard InChI is InChI=1S/C21H22O6/c1-24-17-8-4-15(5-9-17)20(22)14-27-21(23)16-6-10-18(11-7-16)26-13-19-3-2-12-25-19/h4-11,19H,2-3,12-14H2,1H3/t19-/m1/s1. The van der Waals surface area contributed by atoms with Gasteiger partial charge in [-0.2, -0.15) is 0 Å². The molecule has 0 N–H and O–H groups in total. The number of benzene rings is 2. The van der Waals surface area contributed by atoms with Crippen LogP contribution in [0.5, 0.6) is 11.5 Å². The van der Waals surface area contributed by atoms with Crippen LogP contribution in [0.25, 0.3) is 0 Å². The zero-order chi connectivity index (χ0) is 19.1. The third kappa shape index (κ3) is 5.31. The van der Waals surface area contributed by atoms with Gasteiger partial charge in [0.1, 0.15) is 18.1 Å². The first-order chi connectivity index (χ1) is 13.2. The number of rotatable bonds is 8. The van der Waals surface area contributed by atoms with Gasteiger partial charge in [0.2, 0.25) is 0 Å². The van der Waals surface area contributed by atoms with Crippen LogP contribution >= 0.6 is 0 Å². The van der Waals surface area contributed by atoms with Crippen LogP contribution in [0.2, 0.25) is 0 Å². The van der Waals surface area contributed by atoms with Crippen molar-refractivity contribution in [2.24, 2.45) is 0 Å². The Morgan fingerprint density at radius 1 is 1.00 bits per heavy atom. The normalized spacial score (nSPS) is 16.0. The van der Waals surface area contributed by atoms with Crippen molar-refractivity contribution in [3.8, 4) is 11.5 Å². The Balaban J connectivity index is 1.47. The van der Waals surface area contributed by atoms with E-state index < -0.39 is 5.97 Å². The number of hydrogen-bond acceptors (Lipinski definition) is 6. The van der Waals surface area contributed by atoms with E-state index in [2.05, 4.69) is 0 Å².